The number of hydrogen-bond donors (Lipinski definition) is 1. The summed E-state index contributed by atoms with van der Waals surface area (Å²) in [6.07, 6.45) is -5.89. The van der Waals surface area contributed by atoms with E-state index in [0.717, 1.165) is 22.9 Å². The second-order valence-electron chi connectivity index (χ2n) is 13.6. The number of para-hydroxylation sites is 1. The number of aromatic nitrogens is 1. The van der Waals surface area contributed by atoms with E-state index in [0.29, 0.717) is 0 Å². The van der Waals surface area contributed by atoms with Crippen LogP contribution < -0.4 is 0 Å². The van der Waals surface area contributed by atoms with Crippen LogP contribution in [0.15, 0.2) is 85.1 Å². The summed E-state index contributed by atoms with van der Waals surface area (Å²) in [5.41, 5.74) is -10.8. The lowest BCUT2D eigenvalue weighted by Crippen LogP contribution is -2.76. The van der Waals surface area contributed by atoms with Crippen molar-refractivity contribution in [2.24, 2.45) is 11.3 Å². The lowest BCUT2D eigenvalue weighted by Gasteiger charge is -2.56. The molecule has 2 aliphatic carbocycles. The molecular formula is C37H33F3N2O9. The second-order valence-corrected chi connectivity index (χ2v) is 13.6. The fourth-order valence-electron chi connectivity index (χ4n) is 8.05. The van der Waals surface area contributed by atoms with Gasteiger partial charge in [0.2, 0.25) is 6.04 Å². The van der Waals surface area contributed by atoms with Crippen LogP contribution in [0.3, 0.4) is 0 Å². The third-order valence-corrected chi connectivity index (χ3v) is 9.79. The average Bonchev–Trinajstić information content (AvgIpc) is 3.55. The number of hydrogen-bond acceptors (Lipinski definition) is 9. The number of benzene rings is 3. The van der Waals surface area contributed by atoms with Crippen molar-refractivity contribution in [3.8, 4) is 0 Å². The van der Waals surface area contributed by atoms with Crippen LogP contribution in [0.2, 0.25) is 0 Å². The van der Waals surface area contributed by atoms with E-state index >= 15 is 13.2 Å². The van der Waals surface area contributed by atoms with E-state index in [1.54, 1.807) is 20.8 Å². The highest BCUT2D eigenvalue weighted by atomic mass is 19.4. The molecule has 1 saturated carbocycles. The minimum atomic E-state index is -5.95. The molecule has 3 aromatic carbocycles. The standard InChI is InChI=1S/C37H33F3N2O9/c1-5-50-32(45)28-26(24-19-41(33(46)51-34(2,3)4)25-18-12-11-15-21(24)25)29(42(48)49)27(20-13-7-6-8-14-20)35(36(28,47)37(38,39)40)30(43)22-16-9-10-17-23(22)31(35)44/h6-19,26-29,47H,5H2,1-4H3/t26-,27+,28-,29-,36+/m1/s1. The molecule has 0 aliphatic heterocycles. The van der Waals surface area contributed by atoms with Gasteiger partial charge in [-0.2, -0.15) is 13.2 Å². The van der Waals surface area contributed by atoms with Crippen molar-refractivity contribution < 1.29 is 51.9 Å². The van der Waals surface area contributed by atoms with Gasteiger partial charge < -0.3 is 14.6 Å². The first-order valence-electron chi connectivity index (χ1n) is 16.1. The fraction of sp³-hybridized carbons (Fsp3) is 0.351. The Bertz CT molecular complexity index is 2050. The van der Waals surface area contributed by atoms with Crippen LogP contribution in [0.1, 0.15) is 71.4 Å². The highest BCUT2D eigenvalue weighted by Gasteiger charge is 2.87. The molecule has 1 N–H and O–H groups in total. The molecule has 11 nitrogen and oxygen atoms in total. The molecule has 0 saturated heterocycles. The third kappa shape index (κ3) is 5.06. The first-order chi connectivity index (χ1) is 23.9. The number of carbonyl (C=O) groups excluding carboxylic acids is 4. The van der Waals surface area contributed by atoms with Gasteiger partial charge in [0, 0.05) is 27.6 Å². The summed E-state index contributed by atoms with van der Waals surface area (Å²) in [5.74, 6) is -12.3. The molecule has 0 radical (unpaired) electrons. The largest absolute Gasteiger partial charge is 0.466 e. The number of rotatable bonds is 5. The molecule has 266 valence electrons. The molecule has 1 heterocycles. The van der Waals surface area contributed by atoms with Crippen LogP contribution in [0.5, 0.6) is 0 Å². The first-order valence-corrected chi connectivity index (χ1v) is 16.1. The first kappa shape index (κ1) is 35.5. The summed E-state index contributed by atoms with van der Waals surface area (Å²) in [6, 6.07) is 14.9. The highest BCUT2D eigenvalue weighted by Crippen LogP contribution is 2.68. The Labute approximate surface area is 289 Å². The quantitative estimate of drug-likeness (QED) is 0.106. The molecule has 1 spiro atoms. The molecule has 2 aliphatic rings. The Hall–Kier alpha value is -5.37. The van der Waals surface area contributed by atoms with Crippen molar-refractivity contribution in [1.82, 2.24) is 4.57 Å². The Kier molecular flexibility index (Phi) is 8.44. The van der Waals surface area contributed by atoms with E-state index in [9.17, 15) is 34.4 Å². The number of fused-ring (bicyclic) bond motifs is 2. The third-order valence-electron chi connectivity index (χ3n) is 9.79. The van der Waals surface area contributed by atoms with Crippen LogP contribution in [0.25, 0.3) is 10.9 Å². The van der Waals surface area contributed by atoms with Gasteiger partial charge in [-0.1, -0.05) is 72.8 Å². The lowest BCUT2D eigenvalue weighted by molar-refractivity contribution is -0.544. The van der Waals surface area contributed by atoms with Crippen molar-refractivity contribution in [2.45, 2.75) is 63.0 Å². The van der Waals surface area contributed by atoms with Crippen molar-refractivity contribution >= 4 is 34.5 Å². The molecule has 5 atom stereocenters. The van der Waals surface area contributed by atoms with Crippen LogP contribution >= 0.6 is 0 Å². The minimum Gasteiger partial charge on any atom is -0.466 e. The Morgan fingerprint density at radius 3 is 2.00 bits per heavy atom. The van der Waals surface area contributed by atoms with Crippen LogP contribution in [0, 0.1) is 21.4 Å². The zero-order chi connectivity index (χ0) is 37.3. The molecular weight excluding hydrogens is 673 g/mol. The maximum atomic E-state index is 16.2. The summed E-state index contributed by atoms with van der Waals surface area (Å²) < 4.78 is 60.1. The molecule has 51 heavy (non-hydrogen) atoms. The summed E-state index contributed by atoms with van der Waals surface area (Å²) in [7, 11) is 0. The van der Waals surface area contributed by atoms with Gasteiger partial charge in [0.15, 0.2) is 17.2 Å². The van der Waals surface area contributed by atoms with Crippen molar-refractivity contribution in [1.29, 1.82) is 0 Å². The number of ketones is 2. The molecule has 1 aromatic heterocycles. The smallest absolute Gasteiger partial charge is 0.419 e. The van der Waals surface area contributed by atoms with Gasteiger partial charge in [0.05, 0.1) is 24.0 Å². The van der Waals surface area contributed by atoms with Gasteiger partial charge >= 0.3 is 18.2 Å². The predicted octanol–water partition coefficient (Wildman–Crippen LogP) is 6.49. The number of aliphatic hydroxyl groups is 1. The maximum Gasteiger partial charge on any atom is 0.419 e. The second kappa shape index (κ2) is 12.1. The molecule has 4 aromatic rings. The highest BCUT2D eigenvalue weighted by molar-refractivity contribution is 6.31. The molecule has 0 bridgehead atoms. The van der Waals surface area contributed by atoms with Gasteiger partial charge in [0.25, 0.3) is 0 Å². The maximum absolute atomic E-state index is 16.2. The predicted molar refractivity (Wildman–Crippen MR) is 175 cm³/mol. The number of esters is 1. The van der Waals surface area contributed by atoms with E-state index in [1.165, 1.54) is 73.7 Å². The normalized spacial score (nSPS) is 24.4. The zero-order valence-electron chi connectivity index (χ0n) is 27.8. The minimum absolute atomic E-state index is 0.0224. The van der Waals surface area contributed by atoms with E-state index in [1.807, 2.05) is 0 Å². The number of halogens is 3. The molecule has 14 heteroatoms. The molecule has 0 amide bonds. The zero-order valence-corrected chi connectivity index (χ0v) is 27.8. The van der Waals surface area contributed by atoms with Crippen molar-refractivity contribution in [3.63, 3.8) is 0 Å². The average molecular weight is 707 g/mol. The van der Waals surface area contributed by atoms with E-state index in [2.05, 4.69) is 0 Å². The Morgan fingerprint density at radius 2 is 1.47 bits per heavy atom. The van der Waals surface area contributed by atoms with Crippen molar-refractivity contribution in [2.75, 3.05) is 6.61 Å². The van der Waals surface area contributed by atoms with Gasteiger partial charge in [-0.15, -0.1) is 0 Å². The number of nitro groups is 1. The number of Topliss-reactive ketones (excluding diaryl/α,β-unsaturated/α-hetero) is 2. The van der Waals surface area contributed by atoms with E-state index in [-0.39, 0.29) is 22.0 Å². The molecule has 1 fully saturated rings. The summed E-state index contributed by atoms with van der Waals surface area (Å²) in [5, 5.41) is 26.2. The summed E-state index contributed by atoms with van der Waals surface area (Å²) >= 11 is 0. The Morgan fingerprint density at radius 1 is 0.922 bits per heavy atom. The Balaban J connectivity index is 1.79. The van der Waals surface area contributed by atoms with Crippen LogP contribution in [0.4, 0.5) is 18.0 Å². The summed E-state index contributed by atoms with van der Waals surface area (Å²) in [6.45, 7) is 5.51. The van der Waals surface area contributed by atoms with Gasteiger partial charge in [-0.3, -0.25) is 29.1 Å². The number of ether oxygens (including phenoxy) is 2. The van der Waals surface area contributed by atoms with E-state index in [4.69, 9.17) is 9.47 Å². The summed E-state index contributed by atoms with van der Waals surface area (Å²) in [4.78, 5) is 69.6. The fourth-order valence-corrected chi connectivity index (χ4v) is 8.05. The lowest BCUT2D eigenvalue weighted by atomic mass is 9.45. The monoisotopic (exact) mass is 706 g/mol. The van der Waals surface area contributed by atoms with Gasteiger partial charge in [-0.05, 0) is 44.9 Å². The topological polar surface area (TPSA) is 155 Å². The van der Waals surface area contributed by atoms with Crippen molar-refractivity contribution in [3.05, 3.63) is 117 Å². The van der Waals surface area contributed by atoms with Gasteiger partial charge in [0.1, 0.15) is 16.9 Å². The van der Waals surface area contributed by atoms with Crippen LogP contribution in [-0.4, -0.2) is 68.3 Å². The van der Waals surface area contributed by atoms with Gasteiger partial charge in [-0.25, -0.2) is 4.79 Å². The SMILES string of the molecule is CCOC(=O)[C@H]1[C@@H](c2cn(C(=O)OC(C)(C)C)c3ccccc23)[C@@H]([N+](=O)[O-])[C@H](c2ccccc2)C2(C(=O)c3ccccc3C2=O)[C@]1(O)C(F)(F)F. The number of alkyl halides is 3. The van der Waals surface area contributed by atoms with Crippen LogP contribution in [-0.2, 0) is 14.3 Å². The molecule has 0 unspecified atom stereocenters. The van der Waals surface area contributed by atoms with E-state index < -0.39 is 92.9 Å². The number of nitrogens with zero attached hydrogens (tertiary/aromatic N) is 2. The number of carbonyl (C=O) groups is 4. The molecule has 6 rings (SSSR count).